The average Bonchev–Trinajstić information content (AvgIpc) is 2.57. The van der Waals surface area contributed by atoms with Crippen LogP contribution in [0.1, 0.15) is 52.9 Å². The van der Waals surface area contributed by atoms with Gasteiger partial charge >= 0.3 is 0 Å². The van der Waals surface area contributed by atoms with Crippen molar-refractivity contribution in [3.05, 3.63) is 0 Å². The third-order valence-electron chi connectivity index (χ3n) is 5.65. The summed E-state index contributed by atoms with van der Waals surface area (Å²) in [6.45, 7) is 13.9. The molecule has 0 aromatic rings. The molecular formula is C19H38N4O. The molecule has 0 bridgehead atoms. The molecule has 0 amide bonds. The van der Waals surface area contributed by atoms with Gasteiger partial charge < -0.3 is 15.8 Å². The van der Waals surface area contributed by atoms with Crippen LogP contribution in [-0.2, 0) is 4.74 Å². The highest BCUT2D eigenvalue weighted by atomic mass is 16.5. The van der Waals surface area contributed by atoms with Crippen molar-refractivity contribution in [3.63, 3.8) is 0 Å². The first-order valence-corrected chi connectivity index (χ1v) is 9.79. The number of nitrogens with zero attached hydrogens (tertiary/aromatic N) is 2. The average molecular weight is 339 g/mol. The number of hydrogen-bond acceptors (Lipinski definition) is 3. The van der Waals surface area contributed by atoms with E-state index in [1.165, 1.54) is 25.7 Å². The second-order valence-electron chi connectivity index (χ2n) is 8.54. The predicted octanol–water partition coefficient (Wildman–Crippen LogP) is 2.47. The van der Waals surface area contributed by atoms with E-state index in [1.807, 2.05) is 0 Å². The Hall–Kier alpha value is -0.810. The molecule has 5 heteroatoms. The molecule has 2 fully saturated rings. The summed E-state index contributed by atoms with van der Waals surface area (Å²) in [5.74, 6) is 2.21. The number of ether oxygens (including phenoxy) is 1. The quantitative estimate of drug-likeness (QED) is 0.444. The van der Waals surface area contributed by atoms with Gasteiger partial charge in [-0.15, -0.1) is 0 Å². The van der Waals surface area contributed by atoms with Crippen molar-refractivity contribution in [3.8, 4) is 0 Å². The van der Waals surface area contributed by atoms with Gasteiger partial charge in [0.15, 0.2) is 5.96 Å². The maximum absolute atomic E-state index is 6.01. The number of rotatable bonds is 6. The summed E-state index contributed by atoms with van der Waals surface area (Å²) >= 11 is 0. The van der Waals surface area contributed by atoms with Gasteiger partial charge in [0.1, 0.15) is 0 Å². The molecule has 0 radical (unpaired) electrons. The summed E-state index contributed by atoms with van der Waals surface area (Å²) in [6, 6.07) is 0. The molecule has 24 heavy (non-hydrogen) atoms. The highest BCUT2D eigenvalue weighted by Crippen LogP contribution is 2.39. The monoisotopic (exact) mass is 338 g/mol. The Morgan fingerprint density at radius 1 is 1.17 bits per heavy atom. The first kappa shape index (κ1) is 19.5. The highest BCUT2D eigenvalue weighted by molar-refractivity contribution is 5.77. The second-order valence-corrected chi connectivity index (χ2v) is 8.54. The Balaban J connectivity index is 1.55. The second kappa shape index (κ2) is 9.62. The molecule has 1 saturated carbocycles. The lowest BCUT2D eigenvalue weighted by atomic mass is 9.70. The molecule has 0 aromatic heterocycles. The largest absolute Gasteiger partial charge is 0.379 e. The Labute approximate surface area is 148 Å². The predicted molar refractivity (Wildman–Crippen MR) is 101 cm³/mol. The topological polar surface area (TPSA) is 62.9 Å². The van der Waals surface area contributed by atoms with Crippen LogP contribution in [-0.4, -0.2) is 56.8 Å². The molecule has 0 unspecified atom stereocenters. The molecule has 1 heterocycles. The third-order valence-corrected chi connectivity index (χ3v) is 5.65. The molecule has 0 aromatic carbocycles. The summed E-state index contributed by atoms with van der Waals surface area (Å²) in [4.78, 5) is 7.02. The van der Waals surface area contributed by atoms with E-state index in [0.29, 0.717) is 11.4 Å². The first-order chi connectivity index (χ1) is 11.4. The summed E-state index contributed by atoms with van der Waals surface area (Å²) in [5, 5.41) is 3.26. The van der Waals surface area contributed by atoms with Crippen LogP contribution in [0.3, 0.4) is 0 Å². The molecule has 0 atom stereocenters. The van der Waals surface area contributed by atoms with Crippen molar-refractivity contribution in [2.24, 2.45) is 28.0 Å². The molecule has 3 N–H and O–H groups in total. The van der Waals surface area contributed by atoms with Crippen molar-refractivity contribution in [1.82, 2.24) is 10.2 Å². The van der Waals surface area contributed by atoms with E-state index in [2.05, 4.69) is 36.0 Å². The summed E-state index contributed by atoms with van der Waals surface area (Å²) < 4.78 is 5.36. The zero-order valence-electron chi connectivity index (χ0n) is 16.0. The zero-order valence-corrected chi connectivity index (χ0v) is 16.0. The zero-order chi connectivity index (χ0) is 17.4. The normalized spacial score (nSPS) is 27.2. The number of guanidine groups is 1. The Kier molecular flexibility index (Phi) is 7.82. The molecule has 2 aliphatic rings. The van der Waals surface area contributed by atoms with Gasteiger partial charge in [-0.25, -0.2) is 0 Å². The fraction of sp³-hybridized carbons (Fsp3) is 0.947. The minimum absolute atomic E-state index is 0.454. The molecule has 1 aliphatic carbocycles. The van der Waals surface area contributed by atoms with E-state index < -0.39 is 0 Å². The molecule has 140 valence electrons. The van der Waals surface area contributed by atoms with Crippen molar-refractivity contribution in [1.29, 1.82) is 0 Å². The van der Waals surface area contributed by atoms with Gasteiger partial charge in [0.05, 0.1) is 13.2 Å². The molecular weight excluding hydrogens is 300 g/mol. The third kappa shape index (κ3) is 6.98. The molecule has 1 saturated heterocycles. The number of morpholine rings is 1. The number of aliphatic imine (C=N–C) groups is 1. The van der Waals surface area contributed by atoms with E-state index in [1.54, 1.807) is 0 Å². The Morgan fingerprint density at radius 3 is 2.46 bits per heavy atom. The van der Waals surface area contributed by atoms with Gasteiger partial charge in [0, 0.05) is 26.2 Å². The summed E-state index contributed by atoms with van der Waals surface area (Å²) in [6.07, 6.45) is 6.39. The van der Waals surface area contributed by atoms with Crippen LogP contribution in [0.2, 0.25) is 0 Å². The van der Waals surface area contributed by atoms with Crippen LogP contribution in [0.15, 0.2) is 4.99 Å². The van der Waals surface area contributed by atoms with E-state index in [-0.39, 0.29) is 0 Å². The van der Waals surface area contributed by atoms with Crippen molar-refractivity contribution < 1.29 is 4.74 Å². The maximum atomic E-state index is 6.01. The number of hydrogen-bond donors (Lipinski definition) is 2. The maximum Gasteiger partial charge on any atom is 0.188 e. The first-order valence-electron chi connectivity index (χ1n) is 9.79. The summed E-state index contributed by atoms with van der Waals surface area (Å²) in [5.41, 5.74) is 6.47. The van der Waals surface area contributed by atoms with Crippen molar-refractivity contribution >= 4 is 5.96 Å². The Bertz CT molecular complexity index is 377. The van der Waals surface area contributed by atoms with Gasteiger partial charge in [-0.3, -0.25) is 9.89 Å². The lowest BCUT2D eigenvalue weighted by Crippen LogP contribution is -2.39. The van der Waals surface area contributed by atoms with Gasteiger partial charge in [-0.2, -0.15) is 0 Å². The molecule has 0 spiro atoms. The van der Waals surface area contributed by atoms with E-state index in [9.17, 15) is 0 Å². The molecule has 1 aliphatic heterocycles. The number of nitrogens with one attached hydrogen (secondary N) is 1. The van der Waals surface area contributed by atoms with Crippen LogP contribution in [0.5, 0.6) is 0 Å². The standard InChI is InChI=1S/C19H38N4O/c1-19(2,3)17-7-5-16(6-8-17)15-22-18(20)21-9-4-10-23-11-13-24-14-12-23/h16-17H,4-15H2,1-3H3,(H3,20,21,22). The van der Waals surface area contributed by atoms with E-state index in [0.717, 1.165) is 64.2 Å². The van der Waals surface area contributed by atoms with Crippen molar-refractivity contribution in [2.75, 3.05) is 45.9 Å². The van der Waals surface area contributed by atoms with Gasteiger partial charge in [-0.05, 0) is 55.9 Å². The van der Waals surface area contributed by atoms with Crippen LogP contribution in [0.25, 0.3) is 0 Å². The smallest absolute Gasteiger partial charge is 0.188 e. The van der Waals surface area contributed by atoms with Gasteiger partial charge in [0.2, 0.25) is 0 Å². The fourth-order valence-corrected chi connectivity index (χ4v) is 3.84. The van der Waals surface area contributed by atoms with Gasteiger partial charge in [-0.1, -0.05) is 20.8 Å². The lowest BCUT2D eigenvalue weighted by molar-refractivity contribution is 0.0376. The van der Waals surface area contributed by atoms with Crippen LogP contribution in [0, 0.1) is 17.3 Å². The van der Waals surface area contributed by atoms with Crippen LogP contribution in [0.4, 0.5) is 0 Å². The van der Waals surface area contributed by atoms with Crippen LogP contribution >= 0.6 is 0 Å². The van der Waals surface area contributed by atoms with Gasteiger partial charge in [0.25, 0.3) is 0 Å². The Morgan fingerprint density at radius 2 is 1.83 bits per heavy atom. The van der Waals surface area contributed by atoms with Crippen LogP contribution < -0.4 is 11.1 Å². The highest BCUT2D eigenvalue weighted by Gasteiger charge is 2.29. The number of nitrogens with two attached hydrogens (primary N) is 1. The minimum Gasteiger partial charge on any atom is -0.379 e. The van der Waals surface area contributed by atoms with E-state index in [4.69, 9.17) is 10.5 Å². The molecule has 2 rings (SSSR count). The fourth-order valence-electron chi connectivity index (χ4n) is 3.84. The minimum atomic E-state index is 0.454. The molecule has 5 nitrogen and oxygen atoms in total. The SMILES string of the molecule is CC(C)(C)C1CCC(CN=C(N)NCCCN2CCOCC2)CC1. The summed E-state index contributed by atoms with van der Waals surface area (Å²) in [7, 11) is 0. The lowest BCUT2D eigenvalue weighted by Gasteiger charge is -2.36. The van der Waals surface area contributed by atoms with Crippen molar-refractivity contribution in [2.45, 2.75) is 52.9 Å². The van der Waals surface area contributed by atoms with E-state index >= 15 is 0 Å².